The quantitative estimate of drug-likeness (QED) is 0.626. The van der Waals surface area contributed by atoms with Gasteiger partial charge in [0.2, 0.25) is 0 Å². The first-order chi connectivity index (χ1) is 11.6. The summed E-state index contributed by atoms with van der Waals surface area (Å²) in [6.45, 7) is 1.30. The molecule has 0 aromatic heterocycles. The maximum Gasteiger partial charge on any atom is 0.407 e. The zero-order valence-corrected chi connectivity index (χ0v) is 14.4. The van der Waals surface area contributed by atoms with Crippen LogP contribution in [-0.4, -0.2) is 29.4 Å². The minimum Gasteiger partial charge on any atom is -0.504 e. The third-order valence-electron chi connectivity index (χ3n) is 4.06. The van der Waals surface area contributed by atoms with Gasteiger partial charge in [0.25, 0.3) is 0 Å². The molecule has 2 aromatic rings. The first-order valence-electron chi connectivity index (χ1n) is 7.86. The second-order valence-corrected chi connectivity index (χ2v) is 5.74. The van der Waals surface area contributed by atoms with E-state index in [4.69, 9.17) is 4.74 Å². The Morgan fingerprint density at radius 1 is 1.20 bits per heavy atom. The average molecular weight is 365 g/mol. The molecular weight excluding hydrogens is 344 g/mol. The standard InChI is InChI=1S/C18H20N2O4.ClH/c21-16-8-13-6-7-19-15(14(13)9-17(16)22)10-20-18(23)24-11-12-4-2-1-3-5-12;/h1-5,8-9,15,19,21-22H,6-7,10-11H2,(H,20,23);1H. The fourth-order valence-corrected chi connectivity index (χ4v) is 2.81. The maximum absolute atomic E-state index is 11.8. The zero-order chi connectivity index (χ0) is 16.9. The number of ether oxygens (including phenoxy) is 1. The molecule has 0 spiro atoms. The van der Waals surface area contributed by atoms with E-state index in [-0.39, 0.29) is 36.6 Å². The molecule has 0 saturated carbocycles. The monoisotopic (exact) mass is 364 g/mol. The molecule has 1 aliphatic heterocycles. The van der Waals surface area contributed by atoms with Crippen LogP contribution in [0.5, 0.6) is 11.5 Å². The van der Waals surface area contributed by atoms with Gasteiger partial charge in [-0.2, -0.15) is 0 Å². The third kappa shape index (κ3) is 4.78. The van der Waals surface area contributed by atoms with Crippen LogP contribution in [-0.2, 0) is 17.8 Å². The minimum absolute atomic E-state index is 0. The van der Waals surface area contributed by atoms with Gasteiger partial charge in [-0.3, -0.25) is 0 Å². The summed E-state index contributed by atoms with van der Waals surface area (Å²) in [5, 5.41) is 25.3. The molecule has 0 fully saturated rings. The number of halogens is 1. The summed E-state index contributed by atoms with van der Waals surface area (Å²) in [6.07, 6.45) is 0.272. The van der Waals surface area contributed by atoms with Crippen molar-refractivity contribution in [2.45, 2.75) is 19.1 Å². The van der Waals surface area contributed by atoms with Gasteiger partial charge in [-0.25, -0.2) is 4.79 Å². The van der Waals surface area contributed by atoms with Crippen molar-refractivity contribution >= 4 is 18.5 Å². The Balaban J connectivity index is 0.00000225. The fourth-order valence-electron chi connectivity index (χ4n) is 2.81. The highest BCUT2D eigenvalue weighted by Gasteiger charge is 2.22. The number of amides is 1. The first kappa shape index (κ1) is 18.9. The van der Waals surface area contributed by atoms with Gasteiger partial charge in [0.15, 0.2) is 11.5 Å². The number of phenols is 2. The highest BCUT2D eigenvalue weighted by Crippen LogP contribution is 2.33. The summed E-state index contributed by atoms with van der Waals surface area (Å²) < 4.78 is 5.18. The molecule has 4 N–H and O–H groups in total. The Kier molecular flexibility index (Phi) is 6.50. The number of aromatic hydroxyl groups is 2. The molecule has 1 amide bonds. The van der Waals surface area contributed by atoms with E-state index < -0.39 is 6.09 Å². The van der Waals surface area contributed by atoms with Crippen molar-refractivity contribution in [2.24, 2.45) is 0 Å². The molecule has 134 valence electrons. The molecular formula is C18H21ClN2O4. The Hall–Kier alpha value is -2.44. The van der Waals surface area contributed by atoms with Crippen LogP contribution in [0.25, 0.3) is 0 Å². The molecule has 25 heavy (non-hydrogen) atoms. The number of phenolic OH excluding ortho intramolecular Hbond substituents is 2. The lowest BCUT2D eigenvalue weighted by Gasteiger charge is -2.27. The normalized spacial score (nSPS) is 15.6. The van der Waals surface area contributed by atoms with E-state index in [0.717, 1.165) is 29.7 Å². The topological polar surface area (TPSA) is 90.8 Å². The Morgan fingerprint density at radius 3 is 2.68 bits per heavy atom. The molecule has 6 nitrogen and oxygen atoms in total. The lowest BCUT2D eigenvalue weighted by molar-refractivity contribution is 0.138. The number of rotatable bonds is 4. The molecule has 0 bridgehead atoms. The SMILES string of the molecule is Cl.O=C(NCC1NCCc2cc(O)c(O)cc21)OCc1ccccc1. The van der Waals surface area contributed by atoms with Gasteiger partial charge < -0.3 is 25.6 Å². The van der Waals surface area contributed by atoms with Crippen molar-refractivity contribution in [3.8, 4) is 11.5 Å². The second-order valence-electron chi connectivity index (χ2n) is 5.74. The van der Waals surface area contributed by atoms with Crippen LogP contribution in [0, 0.1) is 0 Å². The largest absolute Gasteiger partial charge is 0.504 e. The zero-order valence-electron chi connectivity index (χ0n) is 13.6. The minimum atomic E-state index is -0.490. The Morgan fingerprint density at radius 2 is 1.92 bits per heavy atom. The van der Waals surface area contributed by atoms with E-state index in [1.54, 1.807) is 12.1 Å². The van der Waals surface area contributed by atoms with Gasteiger partial charge in [0.1, 0.15) is 6.61 Å². The number of hydrogen-bond donors (Lipinski definition) is 4. The van der Waals surface area contributed by atoms with Crippen molar-refractivity contribution < 1.29 is 19.7 Å². The van der Waals surface area contributed by atoms with Crippen LogP contribution >= 0.6 is 12.4 Å². The molecule has 2 aromatic carbocycles. The summed E-state index contributed by atoms with van der Waals surface area (Å²) in [7, 11) is 0. The number of alkyl carbamates (subject to hydrolysis) is 1. The smallest absolute Gasteiger partial charge is 0.407 e. The first-order valence-corrected chi connectivity index (χ1v) is 7.86. The predicted molar refractivity (Wildman–Crippen MR) is 96.1 cm³/mol. The highest BCUT2D eigenvalue weighted by molar-refractivity contribution is 5.85. The molecule has 1 atom stereocenters. The van der Waals surface area contributed by atoms with E-state index >= 15 is 0 Å². The average Bonchev–Trinajstić information content (AvgIpc) is 2.60. The van der Waals surface area contributed by atoms with E-state index in [1.165, 1.54) is 0 Å². The van der Waals surface area contributed by atoms with Gasteiger partial charge in [-0.1, -0.05) is 30.3 Å². The summed E-state index contributed by atoms with van der Waals surface area (Å²) in [4.78, 5) is 11.8. The van der Waals surface area contributed by atoms with Crippen molar-refractivity contribution in [3.63, 3.8) is 0 Å². The Bertz CT molecular complexity index is 725. The third-order valence-corrected chi connectivity index (χ3v) is 4.06. The highest BCUT2D eigenvalue weighted by atomic mass is 35.5. The van der Waals surface area contributed by atoms with Crippen LogP contribution in [0.3, 0.4) is 0 Å². The molecule has 1 unspecified atom stereocenters. The summed E-state index contributed by atoms with van der Waals surface area (Å²) in [5.74, 6) is -0.279. The summed E-state index contributed by atoms with van der Waals surface area (Å²) in [5.41, 5.74) is 2.77. The number of hydrogen-bond acceptors (Lipinski definition) is 5. The molecule has 0 aliphatic carbocycles. The predicted octanol–water partition coefficient (Wildman–Crippen LogP) is 2.63. The van der Waals surface area contributed by atoms with E-state index in [1.807, 2.05) is 30.3 Å². The summed E-state index contributed by atoms with van der Waals surface area (Å²) >= 11 is 0. The van der Waals surface area contributed by atoms with Gasteiger partial charge in [-0.15, -0.1) is 12.4 Å². The van der Waals surface area contributed by atoms with Gasteiger partial charge in [0.05, 0.1) is 6.04 Å². The maximum atomic E-state index is 11.8. The van der Waals surface area contributed by atoms with Crippen LogP contribution in [0.4, 0.5) is 4.79 Å². The van der Waals surface area contributed by atoms with Gasteiger partial charge in [0, 0.05) is 6.54 Å². The number of carbonyl (C=O) groups is 1. The summed E-state index contributed by atoms with van der Waals surface area (Å²) in [6, 6.07) is 12.4. The van der Waals surface area contributed by atoms with Crippen LogP contribution in [0.15, 0.2) is 42.5 Å². The molecule has 1 aliphatic rings. The van der Waals surface area contributed by atoms with Gasteiger partial charge in [-0.05, 0) is 41.8 Å². The van der Waals surface area contributed by atoms with Crippen LogP contribution < -0.4 is 10.6 Å². The Labute approximate surface area is 152 Å². The number of nitrogens with one attached hydrogen (secondary N) is 2. The van der Waals surface area contributed by atoms with Crippen molar-refractivity contribution in [2.75, 3.05) is 13.1 Å². The van der Waals surface area contributed by atoms with Crippen molar-refractivity contribution in [1.29, 1.82) is 0 Å². The molecule has 0 saturated heterocycles. The molecule has 0 radical (unpaired) electrons. The van der Waals surface area contributed by atoms with Crippen LogP contribution in [0.1, 0.15) is 22.7 Å². The lowest BCUT2D eigenvalue weighted by atomic mass is 9.93. The van der Waals surface area contributed by atoms with Crippen LogP contribution in [0.2, 0.25) is 0 Å². The van der Waals surface area contributed by atoms with Crippen molar-refractivity contribution in [1.82, 2.24) is 10.6 Å². The van der Waals surface area contributed by atoms with Gasteiger partial charge >= 0.3 is 6.09 Å². The van der Waals surface area contributed by atoms with Crippen molar-refractivity contribution in [3.05, 3.63) is 59.2 Å². The van der Waals surface area contributed by atoms with E-state index in [0.29, 0.717) is 6.54 Å². The fraction of sp³-hybridized carbons (Fsp3) is 0.278. The van der Waals surface area contributed by atoms with E-state index in [9.17, 15) is 15.0 Å². The molecule has 1 heterocycles. The number of fused-ring (bicyclic) bond motifs is 1. The lowest BCUT2D eigenvalue weighted by Crippen LogP contribution is -2.39. The number of carbonyl (C=O) groups excluding carboxylic acids is 1. The van der Waals surface area contributed by atoms with E-state index in [2.05, 4.69) is 10.6 Å². The number of benzene rings is 2. The molecule has 3 rings (SSSR count). The molecule has 7 heteroatoms. The second kappa shape index (κ2) is 8.60.